The van der Waals surface area contributed by atoms with Gasteiger partial charge in [0.2, 0.25) is 0 Å². The molecule has 0 aromatic heterocycles. The van der Waals surface area contributed by atoms with E-state index in [1.165, 1.54) is 161 Å². The molecule has 0 aromatic carbocycles. The molecule has 0 aliphatic carbocycles. The van der Waals surface area contributed by atoms with Gasteiger partial charge in [-0.3, -0.25) is 13.8 Å². The van der Waals surface area contributed by atoms with Crippen LogP contribution in [0.4, 0.5) is 0 Å². The lowest BCUT2D eigenvalue weighted by atomic mass is 10.0. The van der Waals surface area contributed by atoms with E-state index in [1.807, 2.05) is 21.1 Å². The van der Waals surface area contributed by atoms with E-state index < -0.39 is 13.9 Å². The molecule has 0 saturated carbocycles. The number of esters is 1. The minimum absolute atomic E-state index is 0.0853. The van der Waals surface area contributed by atoms with Crippen LogP contribution in [0.15, 0.2) is 72.9 Å². The number of phosphoric acid groups is 1. The first-order valence-electron chi connectivity index (χ1n) is 28.7. The summed E-state index contributed by atoms with van der Waals surface area (Å²) < 4.78 is 35.3. The number of likely N-dealkylation sites (N-methyl/N-ethyl adjacent to an activating group) is 1. The van der Waals surface area contributed by atoms with Crippen molar-refractivity contribution < 1.29 is 37.3 Å². The first kappa shape index (κ1) is 66.9. The fraction of sp³-hybridized carbons (Fsp3) is 0.783. The summed E-state index contributed by atoms with van der Waals surface area (Å²) in [5.74, 6) is -0.316. The first-order valence-corrected chi connectivity index (χ1v) is 30.2. The van der Waals surface area contributed by atoms with Crippen molar-refractivity contribution >= 4 is 13.8 Å². The lowest BCUT2D eigenvalue weighted by molar-refractivity contribution is -0.870. The molecule has 0 aliphatic rings. The molecular weight excluding hydrogens is 878 g/mol. The van der Waals surface area contributed by atoms with Crippen LogP contribution in [-0.2, 0) is 27.9 Å². The number of rotatable bonds is 53. The van der Waals surface area contributed by atoms with Crippen LogP contribution in [0.3, 0.4) is 0 Å². The van der Waals surface area contributed by atoms with E-state index in [4.69, 9.17) is 18.5 Å². The minimum Gasteiger partial charge on any atom is -0.457 e. The van der Waals surface area contributed by atoms with Crippen LogP contribution in [0.25, 0.3) is 0 Å². The predicted molar refractivity (Wildman–Crippen MR) is 298 cm³/mol. The zero-order valence-electron chi connectivity index (χ0n) is 45.8. The molecule has 0 spiro atoms. The van der Waals surface area contributed by atoms with Gasteiger partial charge in [-0.2, -0.15) is 0 Å². The molecular formula is C60H111NO7P+. The molecule has 2 unspecified atom stereocenters. The summed E-state index contributed by atoms with van der Waals surface area (Å²) in [5.41, 5.74) is 0. The maximum atomic E-state index is 12.8. The van der Waals surface area contributed by atoms with Crippen molar-refractivity contribution in [3.05, 3.63) is 72.9 Å². The molecule has 0 heterocycles. The van der Waals surface area contributed by atoms with Crippen LogP contribution in [0, 0.1) is 0 Å². The Kier molecular flexibility index (Phi) is 50.7. The van der Waals surface area contributed by atoms with Crippen molar-refractivity contribution in [2.45, 2.75) is 251 Å². The Balaban J connectivity index is 4.09. The fourth-order valence-corrected chi connectivity index (χ4v) is 8.61. The van der Waals surface area contributed by atoms with Gasteiger partial charge < -0.3 is 18.9 Å². The molecule has 9 heteroatoms. The number of carbonyl (C=O) groups excluding carboxylic acids is 1. The van der Waals surface area contributed by atoms with Gasteiger partial charge >= 0.3 is 13.8 Å². The monoisotopic (exact) mass is 989 g/mol. The molecule has 0 bridgehead atoms. The second-order valence-electron chi connectivity index (χ2n) is 20.3. The van der Waals surface area contributed by atoms with Gasteiger partial charge in [-0.15, -0.1) is 0 Å². The maximum Gasteiger partial charge on any atom is 0.472 e. The van der Waals surface area contributed by atoms with Gasteiger partial charge in [0.25, 0.3) is 0 Å². The number of unbranched alkanes of at least 4 members (excludes halogenated alkanes) is 27. The Bertz CT molecular complexity index is 1330. The number of ether oxygens (including phenoxy) is 2. The quantitative estimate of drug-likeness (QED) is 0.0213. The third-order valence-corrected chi connectivity index (χ3v) is 13.2. The molecule has 0 fully saturated rings. The van der Waals surface area contributed by atoms with Crippen LogP contribution in [0.5, 0.6) is 0 Å². The Hall–Kier alpha value is -2.06. The zero-order chi connectivity index (χ0) is 50.5. The maximum absolute atomic E-state index is 12.8. The first-order chi connectivity index (χ1) is 33.6. The zero-order valence-corrected chi connectivity index (χ0v) is 46.7. The third kappa shape index (κ3) is 56.7. The van der Waals surface area contributed by atoms with Crippen LogP contribution in [0.1, 0.15) is 245 Å². The number of hydrogen-bond donors (Lipinski definition) is 1. The molecule has 69 heavy (non-hydrogen) atoms. The molecule has 0 aliphatic heterocycles. The third-order valence-electron chi connectivity index (χ3n) is 12.3. The molecule has 0 rings (SSSR count). The molecule has 0 aromatic rings. The smallest absolute Gasteiger partial charge is 0.457 e. The average Bonchev–Trinajstić information content (AvgIpc) is 3.31. The largest absolute Gasteiger partial charge is 0.472 e. The average molecular weight is 990 g/mol. The standard InChI is InChI=1S/C60H110NO7P/c1-6-8-10-12-14-16-18-20-22-24-26-28-30-32-34-36-38-40-42-44-46-48-50-52-55-65-57-59(58-67-69(63,64)66-56-54-61(3,4)5)68-60(62)53-51-49-47-45-43-41-39-37-35-33-31-29-27-25-23-21-19-17-15-13-11-9-7-2/h8,10,14,16,19-22,25-28,59H,6-7,9,11-13,15,17-18,23-24,29-58H2,1-5H3/p+1/b10-8-,16-14-,21-19-,22-20-,27-25-,28-26-. The van der Waals surface area contributed by atoms with Crippen LogP contribution >= 0.6 is 7.82 Å². The van der Waals surface area contributed by atoms with Crippen LogP contribution in [0.2, 0.25) is 0 Å². The summed E-state index contributed by atoms with van der Waals surface area (Å²) in [4.78, 5) is 23.1. The van der Waals surface area contributed by atoms with Gasteiger partial charge in [-0.25, -0.2) is 4.57 Å². The number of hydrogen-bond acceptors (Lipinski definition) is 6. The highest BCUT2D eigenvalue weighted by molar-refractivity contribution is 7.47. The summed E-state index contributed by atoms with van der Waals surface area (Å²) in [6, 6.07) is 0. The normalized spacial score (nSPS) is 14.0. The van der Waals surface area contributed by atoms with E-state index in [0.717, 1.165) is 64.2 Å². The molecule has 0 amide bonds. The fourth-order valence-electron chi connectivity index (χ4n) is 7.87. The van der Waals surface area contributed by atoms with E-state index in [9.17, 15) is 14.3 Å². The highest BCUT2D eigenvalue weighted by Crippen LogP contribution is 2.43. The number of nitrogens with zero attached hydrogens (tertiary/aromatic N) is 1. The van der Waals surface area contributed by atoms with Gasteiger partial charge in [0.05, 0.1) is 34.4 Å². The van der Waals surface area contributed by atoms with Crippen molar-refractivity contribution in [1.82, 2.24) is 0 Å². The molecule has 402 valence electrons. The second kappa shape index (κ2) is 52.3. The van der Waals surface area contributed by atoms with E-state index in [1.54, 1.807) is 0 Å². The Morgan fingerprint density at radius 1 is 0.464 bits per heavy atom. The Morgan fingerprint density at radius 3 is 1.26 bits per heavy atom. The van der Waals surface area contributed by atoms with Gasteiger partial charge in [0.1, 0.15) is 19.3 Å². The highest BCUT2D eigenvalue weighted by Gasteiger charge is 2.26. The van der Waals surface area contributed by atoms with E-state index in [2.05, 4.69) is 86.8 Å². The summed E-state index contributed by atoms with van der Waals surface area (Å²) in [6.45, 7) is 5.51. The molecule has 8 nitrogen and oxygen atoms in total. The minimum atomic E-state index is -4.29. The number of quaternary nitrogens is 1. The number of phosphoric ester groups is 1. The second-order valence-corrected chi connectivity index (χ2v) is 21.7. The summed E-state index contributed by atoms with van der Waals surface area (Å²) >= 11 is 0. The summed E-state index contributed by atoms with van der Waals surface area (Å²) in [7, 11) is 1.66. The van der Waals surface area contributed by atoms with Gasteiger partial charge in [-0.1, -0.05) is 228 Å². The van der Waals surface area contributed by atoms with E-state index >= 15 is 0 Å². The van der Waals surface area contributed by atoms with Gasteiger partial charge in [-0.05, 0) is 83.5 Å². The predicted octanol–water partition coefficient (Wildman–Crippen LogP) is 18.2. The molecule has 2 atom stereocenters. The van der Waals surface area contributed by atoms with E-state index in [-0.39, 0.29) is 25.8 Å². The van der Waals surface area contributed by atoms with Crippen molar-refractivity contribution in [3.8, 4) is 0 Å². The van der Waals surface area contributed by atoms with Crippen molar-refractivity contribution in [1.29, 1.82) is 0 Å². The van der Waals surface area contributed by atoms with Gasteiger partial charge in [0.15, 0.2) is 0 Å². The summed E-state index contributed by atoms with van der Waals surface area (Å²) in [6.07, 6.45) is 69.6. The van der Waals surface area contributed by atoms with Crippen molar-refractivity contribution in [3.63, 3.8) is 0 Å². The van der Waals surface area contributed by atoms with Crippen LogP contribution in [-0.4, -0.2) is 75.6 Å². The SMILES string of the molecule is CC/C=C\C/C=C\C/C=C\C/C=C\CCCCCCCCCCCCCOCC(COP(=O)(O)OCC[N+](C)(C)C)OC(=O)CCCCCCCCCCCCC/C=C\C/C=C\CCCCCCC. The number of allylic oxidation sites excluding steroid dienone is 12. The van der Waals surface area contributed by atoms with E-state index in [0.29, 0.717) is 24.1 Å². The Labute approximate surface area is 427 Å². The molecule has 0 saturated heterocycles. The van der Waals surface area contributed by atoms with Crippen molar-refractivity contribution in [2.24, 2.45) is 0 Å². The Morgan fingerprint density at radius 2 is 0.841 bits per heavy atom. The highest BCUT2D eigenvalue weighted by atomic mass is 31.2. The lowest BCUT2D eigenvalue weighted by Gasteiger charge is -2.24. The van der Waals surface area contributed by atoms with Crippen LogP contribution < -0.4 is 0 Å². The molecule has 0 radical (unpaired) electrons. The lowest BCUT2D eigenvalue weighted by Crippen LogP contribution is -2.37. The van der Waals surface area contributed by atoms with Gasteiger partial charge in [0, 0.05) is 13.0 Å². The topological polar surface area (TPSA) is 91.3 Å². The summed E-state index contributed by atoms with van der Waals surface area (Å²) in [5, 5.41) is 0. The number of carbonyl (C=O) groups is 1. The van der Waals surface area contributed by atoms with Crippen molar-refractivity contribution in [2.75, 3.05) is 54.1 Å². The molecule has 1 N–H and O–H groups in total.